The third-order valence-electron chi connectivity index (χ3n) is 2.74. The summed E-state index contributed by atoms with van der Waals surface area (Å²) in [5, 5.41) is 2.93. The smallest absolute Gasteiger partial charge is 0.246 e. The Morgan fingerprint density at radius 2 is 1.90 bits per heavy atom. The lowest BCUT2D eigenvalue weighted by atomic mass is 10.1. The first-order valence-electron chi connectivity index (χ1n) is 7.37. The molecule has 0 aliphatic heterocycles. The van der Waals surface area contributed by atoms with Crippen LogP contribution in [0.15, 0.2) is 24.3 Å². The summed E-state index contributed by atoms with van der Waals surface area (Å²) in [4.78, 5) is 11.9. The second-order valence-corrected chi connectivity index (χ2v) is 6.43. The van der Waals surface area contributed by atoms with Gasteiger partial charge in [0.05, 0.1) is 17.7 Å². The second kappa shape index (κ2) is 7.46. The molecule has 0 saturated heterocycles. The Hall–Kier alpha value is -1.55. The summed E-state index contributed by atoms with van der Waals surface area (Å²) in [6.45, 7) is 11.8. The van der Waals surface area contributed by atoms with Gasteiger partial charge >= 0.3 is 0 Å². The van der Waals surface area contributed by atoms with Gasteiger partial charge in [0.15, 0.2) is 0 Å². The van der Waals surface area contributed by atoms with Gasteiger partial charge < -0.3 is 14.8 Å². The first-order chi connectivity index (χ1) is 9.67. The van der Waals surface area contributed by atoms with Crippen molar-refractivity contribution in [2.45, 2.75) is 59.3 Å². The van der Waals surface area contributed by atoms with Gasteiger partial charge in [-0.3, -0.25) is 4.79 Å². The summed E-state index contributed by atoms with van der Waals surface area (Å²) in [7, 11) is 0. The highest BCUT2D eigenvalue weighted by Crippen LogP contribution is 2.20. The summed E-state index contributed by atoms with van der Waals surface area (Å²) in [6, 6.07) is 7.69. The van der Waals surface area contributed by atoms with Crippen molar-refractivity contribution >= 4 is 5.91 Å². The lowest BCUT2D eigenvalue weighted by Crippen LogP contribution is -2.33. The third kappa shape index (κ3) is 7.14. The van der Waals surface area contributed by atoms with Gasteiger partial charge in [0, 0.05) is 0 Å². The molecular weight excluding hydrogens is 266 g/mol. The number of rotatable bonds is 6. The van der Waals surface area contributed by atoms with Crippen LogP contribution in [-0.2, 0) is 9.53 Å². The van der Waals surface area contributed by atoms with Crippen LogP contribution < -0.4 is 10.1 Å². The van der Waals surface area contributed by atoms with E-state index < -0.39 is 0 Å². The van der Waals surface area contributed by atoms with Crippen molar-refractivity contribution in [3.05, 3.63) is 29.8 Å². The lowest BCUT2D eigenvalue weighted by Gasteiger charge is -2.21. The van der Waals surface area contributed by atoms with Crippen molar-refractivity contribution in [3.63, 3.8) is 0 Å². The number of carbonyl (C=O) groups is 1. The van der Waals surface area contributed by atoms with Crippen molar-refractivity contribution in [2.75, 3.05) is 6.61 Å². The predicted octanol–water partition coefficient (Wildman–Crippen LogP) is 3.47. The fraction of sp³-hybridized carbons (Fsp3) is 0.588. The quantitative estimate of drug-likeness (QED) is 0.873. The highest BCUT2D eigenvalue weighted by atomic mass is 16.5. The van der Waals surface area contributed by atoms with E-state index in [2.05, 4.69) is 5.32 Å². The molecule has 1 unspecified atom stereocenters. The minimum Gasteiger partial charge on any atom is -0.491 e. The molecule has 0 aromatic heterocycles. The van der Waals surface area contributed by atoms with Gasteiger partial charge in [-0.15, -0.1) is 0 Å². The molecule has 0 spiro atoms. The first kappa shape index (κ1) is 17.5. The highest BCUT2D eigenvalue weighted by Gasteiger charge is 2.15. The van der Waals surface area contributed by atoms with Gasteiger partial charge in [-0.25, -0.2) is 0 Å². The normalized spacial score (nSPS) is 13.1. The monoisotopic (exact) mass is 293 g/mol. The maximum atomic E-state index is 11.9. The van der Waals surface area contributed by atoms with Gasteiger partial charge in [0.25, 0.3) is 0 Å². The van der Waals surface area contributed by atoms with Gasteiger partial charge in [-0.05, 0) is 59.2 Å². The van der Waals surface area contributed by atoms with Crippen LogP contribution in [0.3, 0.4) is 0 Å². The molecule has 1 amide bonds. The minimum atomic E-state index is -0.314. The fourth-order valence-electron chi connectivity index (χ4n) is 1.78. The zero-order chi connectivity index (χ0) is 16.0. The Morgan fingerprint density at radius 1 is 1.24 bits per heavy atom. The van der Waals surface area contributed by atoms with E-state index in [1.165, 1.54) is 0 Å². The molecule has 4 nitrogen and oxygen atoms in total. The molecule has 21 heavy (non-hydrogen) atoms. The lowest BCUT2D eigenvalue weighted by molar-refractivity contribution is -0.131. The van der Waals surface area contributed by atoms with Crippen molar-refractivity contribution in [3.8, 4) is 5.75 Å². The fourth-order valence-corrected chi connectivity index (χ4v) is 1.78. The minimum absolute atomic E-state index is 0.0655. The van der Waals surface area contributed by atoms with Crippen LogP contribution in [0.4, 0.5) is 0 Å². The number of amides is 1. The van der Waals surface area contributed by atoms with Gasteiger partial charge in [-0.1, -0.05) is 12.1 Å². The second-order valence-electron chi connectivity index (χ2n) is 6.43. The SMILES string of the molecule is CC(C)Oc1cccc(C(C)NC(=O)COC(C)(C)C)c1. The molecule has 0 radical (unpaired) electrons. The molecule has 1 rings (SSSR count). The Bertz CT molecular complexity index is 463. The van der Waals surface area contributed by atoms with Crippen LogP contribution in [0.2, 0.25) is 0 Å². The molecule has 0 fully saturated rings. The van der Waals surface area contributed by atoms with Crippen molar-refractivity contribution in [1.82, 2.24) is 5.32 Å². The Morgan fingerprint density at radius 3 is 2.48 bits per heavy atom. The van der Waals surface area contributed by atoms with Crippen LogP contribution in [0, 0.1) is 0 Å². The van der Waals surface area contributed by atoms with Crippen molar-refractivity contribution in [2.24, 2.45) is 0 Å². The number of hydrogen-bond donors (Lipinski definition) is 1. The molecule has 1 atom stereocenters. The molecule has 0 aliphatic carbocycles. The van der Waals surface area contributed by atoms with E-state index in [0.717, 1.165) is 11.3 Å². The van der Waals surface area contributed by atoms with E-state index in [1.807, 2.05) is 65.8 Å². The van der Waals surface area contributed by atoms with Crippen molar-refractivity contribution in [1.29, 1.82) is 0 Å². The van der Waals surface area contributed by atoms with Gasteiger partial charge in [0.1, 0.15) is 12.4 Å². The molecule has 0 aliphatic rings. The Balaban J connectivity index is 2.58. The Labute approximate surface area is 127 Å². The molecule has 0 bridgehead atoms. The predicted molar refractivity (Wildman–Crippen MR) is 84.5 cm³/mol. The van der Waals surface area contributed by atoms with Crippen LogP contribution >= 0.6 is 0 Å². The molecule has 118 valence electrons. The number of nitrogens with one attached hydrogen (secondary N) is 1. The highest BCUT2D eigenvalue weighted by molar-refractivity contribution is 5.77. The largest absolute Gasteiger partial charge is 0.491 e. The zero-order valence-corrected chi connectivity index (χ0v) is 13.9. The van der Waals surface area contributed by atoms with Crippen LogP contribution in [0.25, 0.3) is 0 Å². The average Bonchev–Trinajstić information content (AvgIpc) is 2.35. The van der Waals surface area contributed by atoms with E-state index in [0.29, 0.717) is 0 Å². The molecular formula is C17H27NO3. The molecule has 1 aromatic rings. The summed E-state index contributed by atoms with van der Waals surface area (Å²) < 4.78 is 11.1. The zero-order valence-electron chi connectivity index (χ0n) is 13.9. The maximum absolute atomic E-state index is 11.9. The molecule has 0 heterocycles. The van der Waals surface area contributed by atoms with Gasteiger partial charge in [0.2, 0.25) is 5.91 Å². The molecule has 1 aromatic carbocycles. The molecule has 1 N–H and O–H groups in total. The number of carbonyl (C=O) groups excluding carboxylic acids is 1. The summed E-state index contributed by atoms with van der Waals surface area (Å²) in [6.07, 6.45) is 0.130. The van der Waals surface area contributed by atoms with E-state index in [4.69, 9.17) is 9.47 Å². The average molecular weight is 293 g/mol. The van der Waals surface area contributed by atoms with E-state index in [9.17, 15) is 4.79 Å². The van der Waals surface area contributed by atoms with Crippen LogP contribution in [0.5, 0.6) is 5.75 Å². The molecule has 0 saturated carbocycles. The number of benzene rings is 1. The number of hydrogen-bond acceptors (Lipinski definition) is 3. The summed E-state index contributed by atoms with van der Waals surface area (Å²) in [5.41, 5.74) is 0.697. The van der Waals surface area contributed by atoms with Gasteiger partial charge in [-0.2, -0.15) is 0 Å². The van der Waals surface area contributed by atoms with E-state index >= 15 is 0 Å². The first-order valence-corrected chi connectivity index (χ1v) is 7.37. The number of ether oxygens (including phenoxy) is 2. The van der Waals surface area contributed by atoms with Crippen LogP contribution in [-0.4, -0.2) is 24.2 Å². The third-order valence-corrected chi connectivity index (χ3v) is 2.74. The van der Waals surface area contributed by atoms with E-state index in [-0.39, 0.29) is 30.3 Å². The van der Waals surface area contributed by atoms with E-state index in [1.54, 1.807) is 0 Å². The standard InChI is InChI=1S/C17H27NO3/c1-12(2)21-15-9-7-8-14(10-15)13(3)18-16(19)11-20-17(4,5)6/h7-10,12-13H,11H2,1-6H3,(H,18,19). The Kier molecular flexibility index (Phi) is 6.21. The summed E-state index contributed by atoms with van der Waals surface area (Å²) in [5.74, 6) is 0.696. The topological polar surface area (TPSA) is 47.6 Å². The van der Waals surface area contributed by atoms with Crippen molar-refractivity contribution < 1.29 is 14.3 Å². The molecule has 4 heteroatoms. The maximum Gasteiger partial charge on any atom is 0.246 e. The summed E-state index contributed by atoms with van der Waals surface area (Å²) >= 11 is 0. The van der Waals surface area contributed by atoms with Crippen LogP contribution in [0.1, 0.15) is 53.1 Å².